The van der Waals surface area contributed by atoms with Gasteiger partial charge in [0.25, 0.3) is 0 Å². The molecule has 0 bridgehead atoms. The normalized spacial score (nSPS) is 16.8. The standard InChI is InChI=1S/C13H22N2OS/c1-2-3-9-17-10-6-13(16)15-7-4-12(11-14)5-8-15/h12H,2-10H2,1H3. The van der Waals surface area contributed by atoms with Crippen molar-refractivity contribution in [1.82, 2.24) is 4.90 Å². The van der Waals surface area contributed by atoms with Crippen LogP contribution in [0.2, 0.25) is 0 Å². The number of piperidine rings is 1. The second-order valence-corrected chi connectivity index (χ2v) is 5.72. The van der Waals surface area contributed by atoms with Crippen LogP contribution in [0.4, 0.5) is 0 Å². The number of amides is 1. The Morgan fingerprint density at radius 3 is 2.71 bits per heavy atom. The van der Waals surface area contributed by atoms with Gasteiger partial charge in [-0.15, -0.1) is 0 Å². The smallest absolute Gasteiger partial charge is 0.223 e. The van der Waals surface area contributed by atoms with Crippen LogP contribution in [0.3, 0.4) is 0 Å². The van der Waals surface area contributed by atoms with Gasteiger partial charge in [0.05, 0.1) is 6.07 Å². The van der Waals surface area contributed by atoms with Gasteiger partial charge in [-0.25, -0.2) is 0 Å². The number of thioether (sulfide) groups is 1. The summed E-state index contributed by atoms with van der Waals surface area (Å²) in [6.07, 6.45) is 4.83. The van der Waals surface area contributed by atoms with Gasteiger partial charge < -0.3 is 4.90 Å². The summed E-state index contributed by atoms with van der Waals surface area (Å²) < 4.78 is 0. The van der Waals surface area contributed by atoms with Gasteiger partial charge >= 0.3 is 0 Å². The van der Waals surface area contributed by atoms with Crippen molar-refractivity contribution in [3.8, 4) is 6.07 Å². The van der Waals surface area contributed by atoms with E-state index in [-0.39, 0.29) is 11.8 Å². The first kappa shape index (κ1) is 14.4. The van der Waals surface area contributed by atoms with E-state index < -0.39 is 0 Å². The van der Waals surface area contributed by atoms with Crippen LogP contribution in [0.1, 0.15) is 39.0 Å². The number of unbranched alkanes of at least 4 members (excludes halogenated alkanes) is 1. The Hall–Kier alpha value is -0.690. The first-order valence-electron chi connectivity index (χ1n) is 6.53. The van der Waals surface area contributed by atoms with Crippen molar-refractivity contribution in [3.63, 3.8) is 0 Å². The minimum Gasteiger partial charge on any atom is -0.343 e. The molecule has 1 heterocycles. The van der Waals surface area contributed by atoms with Gasteiger partial charge in [-0.3, -0.25) is 4.79 Å². The highest BCUT2D eigenvalue weighted by molar-refractivity contribution is 7.99. The minimum atomic E-state index is 0.165. The van der Waals surface area contributed by atoms with E-state index in [9.17, 15) is 4.79 Å². The van der Waals surface area contributed by atoms with Gasteiger partial charge in [-0.05, 0) is 25.0 Å². The number of nitrogens with zero attached hydrogens (tertiary/aromatic N) is 2. The Balaban J connectivity index is 2.10. The maximum absolute atomic E-state index is 11.9. The van der Waals surface area contributed by atoms with E-state index in [1.54, 1.807) is 0 Å². The average Bonchev–Trinajstić information content (AvgIpc) is 2.38. The lowest BCUT2D eigenvalue weighted by molar-refractivity contribution is -0.131. The molecule has 4 heteroatoms. The van der Waals surface area contributed by atoms with Crippen molar-refractivity contribution < 1.29 is 4.79 Å². The van der Waals surface area contributed by atoms with Crippen LogP contribution in [-0.4, -0.2) is 35.4 Å². The summed E-state index contributed by atoms with van der Waals surface area (Å²) in [7, 11) is 0. The lowest BCUT2D eigenvalue weighted by Crippen LogP contribution is -2.38. The zero-order valence-electron chi connectivity index (χ0n) is 10.7. The van der Waals surface area contributed by atoms with Gasteiger partial charge in [0, 0.05) is 31.2 Å². The summed E-state index contributed by atoms with van der Waals surface area (Å²) in [5.41, 5.74) is 0. The monoisotopic (exact) mass is 254 g/mol. The van der Waals surface area contributed by atoms with Crippen molar-refractivity contribution >= 4 is 17.7 Å². The maximum Gasteiger partial charge on any atom is 0.223 e. The molecule has 1 rings (SSSR count). The van der Waals surface area contributed by atoms with Crippen LogP contribution in [-0.2, 0) is 4.79 Å². The molecule has 1 saturated heterocycles. The van der Waals surface area contributed by atoms with Crippen LogP contribution < -0.4 is 0 Å². The molecule has 1 aliphatic rings. The van der Waals surface area contributed by atoms with E-state index in [1.807, 2.05) is 16.7 Å². The lowest BCUT2D eigenvalue weighted by Gasteiger charge is -2.29. The third-order valence-corrected chi connectivity index (χ3v) is 4.20. The molecule has 3 nitrogen and oxygen atoms in total. The number of rotatable bonds is 6. The quantitative estimate of drug-likeness (QED) is 0.684. The number of hydrogen-bond acceptors (Lipinski definition) is 3. The van der Waals surface area contributed by atoms with E-state index in [0.717, 1.165) is 31.7 Å². The Bertz CT molecular complexity index is 267. The molecule has 17 heavy (non-hydrogen) atoms. The topological polar surface area (TPSA) is 44.1 Å². The first-order chi connectivity index (χ1) is 8.27. The second kappa shape index (κ2) is 8.41. The third kappa shape index (κ3) is 5.45. The largest absolute Gasteiger partial charge is 0.343 e. The minimum absolute atomic E-state index is 0.165. The van der Waals surface area contributed by atoms with Crippen LogP contribution in [0, 0.1) is 17.2 Å². The predicted molar refractivity (Wildman–Crippen MR) is 71.8 cm³/mol. The number of carbonyl (C=O) groups excluding carboxylic acids is 1. The summed E-state index contributed by atoms with van der Waals surface area (Å²) in [6, 6.07) is 2.29. The van der Waals surface area contributed by atoms with Crippen molar-refractivity contribution in [3.05, 3.63) is 0 Å². The molecule has 0 N–H and O–H groups in total. The summed E-state index contributed by atoms with van der Waals surface area (Å²) >= 11 is 1.88. The van der Waals surface area contributed by atoms with Crippen LogP contribution in [0.5, 0.6) is 0 Å². The van der Waals surface area contributed by atoms with E-state index >= 15 is 0 Å². The fourth-order valence-corrected chi connectivity index (χ4v) is 2.94. The maximum atomic E-state index is 11.9. The molecule has 0 saturated carbocycles. The number of likely N-dealkylation sites (tertiary alicyclic amines) is 1. The van der Waals surface area contributed by atoms with Gasteiger partial charge in [0.1, 0.15) is 0 Å². The fourth-order valence-electron chi connectivity index (χ4n) is 1.92. The average molecular weight is 254 g/mol. The molecular weight excluding hydrogens is 232 g/mol. The van der Waals surface area contributed by atoms with Crippen molar-refractivity contribution in [2.45, 2.75) is 39.0 Å². The first-order valence-corrected chi connectivity index (χ1v) is 7.68. The summed E-state index contributed by atoms with van der Waals surface area (Å²) in [5, 5.41) is 8.78. The van der Waals surface area contributed by atoms with Gasteiger partial charge in [-0.1, -0.05) is 13.3 Å². The number of nitriles is 1. The highest BCUT2D eigenvalue weighted by Crippen LogP contribution is 2.17. The lowest BCUT2D eigenvalue weighted by atomic mass is 9.98. The van der Waals surface area contributed by atoms with E-state index in [4.69, 9.17) is 5.26 Å². The molecule has 0 radical (unpaired) electrons. The molecule has 0 aromatic heterocycles. The fraction of sp³-hybridized carbons (Fsp3) is 0.846. The molecule has 1 aliphatic heterocycles. The molecule has 0 aromatic rings. The molecule has 0 unspecified atom stereocenters. The van der Waals surface area contributed by atoms with Gasteiger partial charge in [-0.2, -0.15) is 17.0 Å². The summed E-state index contributed by atoms with van der Waals surface area (Å²) in [6.45, 7) is 3.73. The van der Waals surface area contributed by atoms with Crippen molar-refractivity contribution in [2.24, 2.45) is 5.92 Å². The molecule has 0 atom stereocenters. The molecule has 1 fully saturated rings. The SMILES string of the molecule is CCCCSCCC(=O)N1CCC(C#N)CC1. The van der Waals surface area contributed by atoms with Gasteiger partial charge in [0.2, 0.25) is 5.91 Å². The predicted octanol–water partition coefficient (Wildman–Crippen LogP) is 2.67. The number of hydrogen-bond donors (Lipinski definition) is 0. The highest BCUT2D eigenvalue weighted by atomic mass is 32.2. The molecule has 0 aromatic carbocycles. The Morgan fingerprint density at radius 1 is 1.41 bits per heavy atom. The van der Waals surface area contributed by atoms with E-state index in [2.05, 4.69) is 13.0 Å². The van der Waals surface area contributed by atoms with Gasteiger partial charge in [0.15, 0.2) is 0 Å². The van der Waals surface area contributed by atoms with Crippen molar-refractivity contribution in [2.75, 3.05) is 24.6 Å². The summed E-state index contributed by atoms with van der Waals surface area (Å²) in [4.78, 5) is 13.8. The van der Waals surface area contributed by atoms with Crippen LogP contribution in [0.15, 0.2) is 0 Å². The van der Waals surface area contributed by atoms with Crippen LogP contribution in [0.25, 0.3) is 0 Å². The zero-order valence-corrected chi connectivity index (χ0v) is 11.5. The highest BCUT2D eigenvalue weighted by Gasteiger charge is 2.21. The van der Waals surface area contributed by atoms with Crippen LogP contribution >= 0.6 is 11.8 Å². The number of carbonyl (C=O) groups is 1. The Kier molecular flexibility index (Phi) is 7.11. The molecule has 0 spiro atoms. The van der Waals surface area contributed by atoms with Crippen molar-refractivity contribution in [1.29, 1.82) is 5.26 Å². The molecule has 96 valence electrons. The Labute approximate surface area is 109 Å². The third-order valence-electron chi connectivity index (χ3n) is 3.13. The van der Waals surface area contributed by atoms with E-state index in [1.165, 1.54) is 18.6 Å². The Morgan fingerprint density at radius 2 is 2.12 bits per heavy atom. The zero-order chi connectivity index (χ0) is 12.5. The molecule has 1 amide bonds. The summed E-state index contributed by atoms with van der Waals surface area (Å²) in [5.74, 6) is 2.54. The molecule has 0 aliphatic carbocycles. The van der Waals surface area contributed by atoms with E-state index in [0.29, 0.717) is 6.42 Å². The molecular formula is C13H22N2OS. The second-order valence-electron chi connectivity index (χ2n) is 4.50.